The minimum atomic E-state index is -0.814. The fourth-order valence-corrected chi connectivity index (χ4v) is 2.15. The van der Waals surface area contributed by atoms with E-state index in [-0.39, 0.29) is 5.82 Å². The van der Waals surface area contributed by atoms with Crippen molar-refractivity contribution in [2.45, 2.75) is 6.10 Å². The largest absolute Gasteiger partial charge is 0.384 e. The number of hydrogen-bond acceptors (Lipinski definition) is 1. The molecular weight excluding hydrogens is 306 g/mol. The lowest BCUT2D eigenvalue weighted by atomic mass is 10.0. The first-order valence-corrected chi connectivity index (χ1v) is 6.13. The number of halogens is 3. The molecule has 0 radical (unpaired) electrons. The summed E-state index contributed by atoms with van der Waals surface area (Å²) in [4.78, 5) is 0. The third-order valence-corrected chi connectivity index (χ3v) is 3.27. The third-order valence-electron chi connectivity index (χ3n) is 2.42. The smallest absolute Gasteiger partial charge is 0.137 e. The highest BCUT2D eigenvalue weighted by atomic mass is 79.9. The predicted molar refractivity (Wildman–Crippen MR) is 69.6 cm³/mol. The van der Waals surface area contributed by atoms with Crippen molar-refractivity contribution in [3.63, 3.8) is 0 Å². The summed E-state index contributed by atoms with van der Waals surface area (Å²) in [5.74, 6) is -0.355. The van der Waals surface area contributed by atoms with E-state index in [1.165, 1.54) is 6.07 Å². The minimum absolute atomic E-state index is 0.330. The van der Waals surface area contributed by atoms with Gasteiger partial charge in [-0.25, -0.2) is 4.39 Å². The minimum Gasteiger partial charge on any atom is -0.384 e. The van der Waals surface area contributed by atoms with E-state index in [0.717, 1.165) is 0 Å². The Kier molecular flexibility index (Phi) is 3.82. The van der Waals surface area contributed by atoms with Crippen molar-refractivity contribution in [3.05, 3.63) is 68.9 Å². The lowest BCUT2D eigenvalue weighted by Crippen LogP contribution is -1.99. The van der Waals surface area contributed by atoms with Crippen LogP contribution in [0.15, 0.2) is 46.9 Å². The maximum absolute atomic E-state index is 13.1. The summed E-state index contributed by atoms with van der Waals surface area (Å²) < 4.78 is 13.4. The topological polar surface area (TPSA) is 20.2 Å². The molecule has 0 spiro atoms. The molecule has 0 aliphatic heterocycles. The van der Waals surface area contributed by atoms with Gasteiger partial charge < -0.3 is 5.11 Å². The van der Waals surface area contributed by atoms with Crippen molar-refractivity contribution < 1.29 is 9.50 Å². The van der Waals surface area contributed by atoms with Crippen LogP contribution in [0.2, 0.25) is 5.02 Å². The monoisotopic (exact) mass is 314 g/mol. The predicted octanol–water partition coefficient (Wildman–Crippen LogP) is 4.32. The Bertz CT molecular complexity index is 545. The molecule has 0 bridgehead atoms. The summed E-state index contributed by atoms with van der Waals surface area (Å²) in [5.41, 5.74) is 1.29. The highest BCUT2D eigenvalue weighted by molar-refractivity contribution is 9.10. The molecule has 0 aliphatic carbocycles. The van der Waals surface area contributed by atoms with Crippen molar-refractivity contribution in [2.24, 2.45) is 0 Å². The van der Waals surface area contributed by atoms with E-state index in [0.29, 0.717) is 20.6 Å². The fourth-order valence-electron chi connectivity index (χ4n) is 1.55. The fraction of sp³-hybridized carbons (Fsp3) is 0.0769. The van der Waals surface area contributed by atoms with Crippen molar-refractivity contribution >= 4 is 27.5 Å². The number of rotatable bonds is 2. The van der Waals surface area contributed by atoms with Crippen molar-refractivity contribution in [3.8, 4) is 0 Å². The highest BCUT2D eigenvalue weighted by Crippen LogP contribution is 2.27. The molecule has 0 fully saturated rings. The van der Waals surface area contributed by atoms with Gasteiger partial charge in [0.2, 0.25) is 0 Å². The number of benzene rings is 2. The van der Waals surface area contributed by atoms with Gasteiger partial charge in [-0.3, -0.25) is 0 Å². The Hall–Kier alpha value is -0.900. The lowest BCUT2D eigenvalue weighted by molar-refractivity contribution is 0.220. The van der Waals surface area contributed by atoms with Gasteiger partial charge in [0.05, 0.1) is 4.47 Å². The van der Waals surface area contributed by atoms with Crippen LogP contribution in [0.4, 0.5) is 4.39 Å². The molecule has 0 aliphatic rings. The van der Waals surface area contributed by atoms with Crippen LogP contribution in [0.25, 0.3) is 0 Å². The van der Waals surface area contributed by atoms with E-state index in [4.69, 9.17) is 11.6 Å². The van der Waals surface area contributed by atoms with E-state index in [2.05, 4.69) is 15.9 Å². The second kappa shape index (κ2) is 5.17. The molecule has 0 saturated carbocycles. The zero-order valence-electron chi connectivity index (χ0n) is 8.70. The summed E-state index contributed by atoms with van der Waals surface area (Å²) in [7, 11) is 0. The molecule has 0 heterocycles. The van der Waals surface area contributed by atoms with Gasteiger partial charge in [-0.2, -0.15) is 0 Å². The molecule has 1 nitrogen and oxygen atoms in total. The van der Waals surface area contributed by atoms with E-state index >= 15 is 0 Å². The zero-order valence-corrected chi connectivity index (χ0v) is 11.0. The Balaban J connectivity index is 2.36. The van der Waals surface area contributed by atoms with Crippen LogP contribution in [0.3, 0.4) is 0 Å². The molecule has 1 N–H and O–H groups in total. The number of hydrogen-bond donors (Lipinski definition) is 1. The van der Waals surface area contributed by atoms with Gasteiger partial charge in [0, 0.05) is 5.02 Å². The quantitative estimate of drug-likeness (QED) is 0.875. The van der Waals surface area contributed by atoms with Crippen LogP contribution < -0.4 is 0 Å². The normalized spacial score (nSPS) is 12.5. The summed E-state index contributed by atoms with van der Waals surface area (Å²) in [6.07, 6.45) is -0.814. The molecule has 0 saturated heterocycles. The summed E-state index contributed by atoms with van der Waals surface area (Å²) in [5, 5.41) is 10.7. The van der Waals surface area contributed by atoms with Gasteiger partial charge in [0.15, 0.2) is 0 Å². The van der Waals surface area contributed by atoms with E-state index < -0.39 is 6.10 Å². The van der Waals surface area contributed by atoms with Crippen LogP contribution in [-0.4, -0.2) is 5.11 Å². The molecular formula is C13H9BrClFO. The van der Waals surface area contributed by atoms with Gasteiger partial charge in [0.25, 0.3) is 0 Å². The van der Waals surface area contributed by atoms with E-state index in [1.807, 2.05) is 0 Å². The van der Waals surface area contributed by atoms with Gasteiger partial charge in [-0.05, 0) is 51.3 Å². The molecule has 2 aromatic carbocycles. The van der Waals surface area contributed by atoms with Crippen molar-refractivity contribution in [2.75, 3.05) is 0 Å². The first-order valence-electron chi connectivity index (χ1n) is 4.96. The zero-order chi connectivity index (χ0) is 12.4. The second-order valence-electron chi connectivity index (χ2n) is 3.63. The Morgan fingerprint density at radius 2 is 1.82 bits per heavy atom. The summed E-state index contributed by atoms with van der Waals surface area (Å²) in [6.45, 7) is 0. The van der Waals surface area contributed by atoms with Gasteiger partial charge in [0.1, 0.15) is 11.9 Å². The first-order chi connectivity index (χ1) is 8.08. The Morgan fingerprint density at radius 3 is 2.47 bits per heavy atom. The van der Waals surface area contributed by atoms with Crippen molar-refractivity contribution in [1.82, 2.24) is 0 Å². The van der Waals surface area contributed by atoms with Crippen LogP contribution in [0.1, 0.15) is 17.2 Å². The molecule has 0 aromatic heterocycles. The molecule has 0 amide bonds. The molecule has 2 rings (SSSR count). The van der Waals surface area contributed by atoms with E-state index in [1.54, 1.807) is 36.4 Å². The van der Waals surface area contributed by atoms with Crippen LogP contribution in [0, 0.1) is 5.82 Å². The van der Waals surface area contributed by atoms with Crippen LogP contribution in [-0.2, 0) is 0 Å². The SMILES string of the molecule is OC(c1cccc(Cl)c1)c1ccc(F)c(Br)c1. The molecule has 88 valence electrons. The standard InChI is InChI=1S/C13H9BrClFO/c14-11-7-9(4-5-12(11)16)13(17)8-2-1-3-10(15)6-8/h1-7,13,17H. The third kappa shape index (κ3) is 2.86. The van der Waals surface area contributed by atoms with Crippen LogP contribution >= 0.6 is 27.5 Å². The maximum Gasteiger partial charge on any atom is 0.137 e. The maximum atomic E-state index is 13.1. The summed E-state index contributed by atoms with van der Waals surface area (Å²) >= 11 is 8.94. The van der Waals surface area contributed by atoms with Crippen LogP contribution in [0.5, 0.6) is 0 Å². The first kappa shape index (κ1) is 12.6. The van der Waals surface area contributed by atoms with Gasteiger partial charge in [-0.15, -0.1) is 0 Å². The van der Waals surface area contributed by atoms with Gasteiger partial charge >= 0.3 is 0 Å². The Labute approximate surface area is 112 Å². The average Bonchev–Trinajstić information content (AvgIpc) is 2.32. The molecule has 1 atom stereocenters. The van der Waals surface area contributed by atoms with Gasteiger partial charge in [-0.1, -0.05) is 29.8 Å². The number of aliphatic hydroxyl groups excluding tert-OH is 1. The number of aliphatic hydroxyl groups is 1. The molecule has 17 heavy (non-hydrogen) atoms. The molecule has 2 aromatic rings. The molecule has 4 heteroatoms. The summed E-state index contributed by atoms with van der Waals surface area (Å²) in [6, 6.07) is 11.4. The van der Waals surface area contributed by atoms with Crippen molar-refractivity contribution in [1.29, 1.82) is 0 Å². The van der Waals surface area contributed by atoms with E-state index in [9.17, 15) is 9.50 Å². The average molecular weight is 316 g/mol. The highest BCUT2D eigenvalue weighted by Gasteiger charge is 2.12. The Morgan fingerprint density at radius 1 is 1.12 bits per heavy atom. The molecule has 1 unspecified atom stereocenters. The second-order valence-corrected chi connectivity index (χ2v) is 4.92. The lowest BCUT2D eigenvalue weighted by Gasteiger charge is -2.12.